The minimum atomic E-state index is 1.07. The van der Waals surface area contributed by atoms with E-state index < -0.39 is 0 Å². The van der Waals surface area contributed by atoms with Gasteiger partial charge in [-0.25, -0.2) is 0 Å². The van der Waals surface area contributed by atoms with Gasteiger partial charge in [0, 0.05) is 21.9 Å². The molecule has 0 atom stereocenters. The molecule has 0 saturated carbocycles. The minimum absolute atomic E-state index is 1.07. The highest BCUT2D eigenvalue weighted by Crippen LogP contribution is 2.26. The maximum absolute atomic E-state index is 3.43. The standard InChI is InChI=1S/C15H11N/c1-2-6-11-7-5-9-13-12-8-3-4-10-14(12)16-15(11)13/h3-5,7-10,16H,1H3. The van der Waals surface area contributed by atoms with Crippen LogP contribution in [0.3, 0.4) is 0 Å². The number of fused-ring (bicyclic) bond motifs is 3. The fourth-order valence-corrected chi connectivity index (χ4v) is 2.11. The molecule has 76 valence electrons. The van der Waals surface area contributed by atoms with Crippen molar-refractivity contribution >= 4 is 21.8 Å². The van der Waals surface area contributed by atoms with E-state index in [1.807, 2.05) is 19.1 Å². The molecule has 0 aliphatic heterocycles. The summed E-state index contributed by atoms with van der Waals surface area (Å²) in [4.78, 5) is 3.43. The van der Waals surface area contributed by atoms with E-state index in [4.69, 9.17) is 0 Å². The van der Waals surface area contributed by atoms with E-state index in [1.54, 1.807) is 0 Å². The first-order chi connectivity index (χ1) is 7.90. The van der Waals surface area contributed by atoms with Crippen LogP contribution in [-0.2, 0) is 0 Å². The SMILES string of the molecule is CC#Cc1cccc2c1[nH]c1ccccc12. The van der Waals surface area contributed by atoms with Gasteiger partial charge in [-0.1, -0.05) is 36.3 Å². The molecule has 0 saturated heterocycles. The smallest absolute Gasteiger partial charge is 0.0623 e. The Kier molecular flexibility index (Phi) is 1.94. The molecule has 1 heterocycles. The minimum Gasteiger partial charge on any atom is -0.353 e. The summed E-state index contributed by atoms with van der Waals surface area (Å²) in [5.41, 5.74) is 3.37. The number of rotatable bonds is 0. The Hall–Kier alpha value is -2.20. The van der Waals surface area contributed by atoms with Crippen LogP contribution in [0.5, 0.6) is 0 Å². The Morgan fingerprint density at radius 2 is 1.75 bits per heavy atom. The molecule has 0 radical (unpaired) electrons. The van der Waals surface area contributed by atoms with E-state index in [0.29, 0.717) is 0 Å². The lowest BCUT2D eigenvalue weighted by Crippen LogP contribution is -1.76. The van der Waals surface area contributed by atoms with Crippen molar-refractivity contribution in [1.82, 2.24) is 4.98 Å². The summed E-state index contributed by atoms with van der Waals surface area (Å²) in [5.74, 6) is 6.08. The van der Waals surface area contributed by atoms with Crippen LogP contribution in [-0.4, -0.2) is 4.98 Å². The van der Waals surface area contributed by atoms with Crippen molar-refractivity contribution in [3.63, 3.8) is 0 Å². The van der Waals surface area contributed by atoms with Crippen LogP contribution in [0.25, 0.3) is 21.8 Å². The molecule has 1 nitrogen and oxygen atoms in total. The lowest BCUT2D eigenvalue weighted by molar-refractivity contribution is 1.53. The van der Waals surface area contributed by atoms with Crippen molar-refractivity contribution in [3.05, 3.63) is 48.0 Å². The maximum atomic E-state index is 3.43. The molecular formula is C15H11N. The van der Waals surface area contributed by atoms with Gasteiger partial charge < -0.3 is 4.98 Å². The average Bonchev–Trinajstić information content (AvgIpc) is 2.69. The third kappa shape index (κ3) is 1.20. The van der Waals surface area contributed by atoms with E-state index in [-0.39, 0.29) is 0 Å². The molecule has 0 fully saturated rings. The molecule has 1 heteroatoms. The lowest BCUT2D eigenvalue weighted by Gasteiger charge is -1.93. The topological polar surface area (TPSA) is 15.8 Å². The summed E-state index contributed by atoms with van der Waals surface area (Å²) in [6.07, 6.45) is 0. The highest BCUT2D eigenvalue weighted by Gasteiger charge is 2.05. The second kappa shape index (κ2) is 3.43. The number of hydrogen-bond donors (Lipinski definition) is 1. The fourth-order valence-electron chi connectivity index (χ4n) is 2.11. The lowest BCUT2D eigenvalue weighted by atomic mass is 10.1. The number of H-pyrrole nitrogens is 1. The van der Waals surface area contributed by atoms with Crippen LogP contribution in [0.1, 0.15) is 12.5 Å². The number of hydrogen-bond acceptors (Lipinski definition) is 0. The molecule has 3 rings (SSSR count). The molecule has 2 aromatic carbocycles. The summed E-state index contributed by atoms with van der Waals surface area (Å²) in [6.45, 7) is 1.86. The Morgan fingerprint density at radius 1 is 0.938 bits per heavy atom. The molecule has 3 aromatic rings. The quantitative estimate of drug-likeness (QED) is 0.539. The molecule has 16 heavy (non-hydrogen) atoms. The third-order valence-electron chi connectivity index (χ3n) is 2.80. The normalized spacial score (nSPS) is 10.3. The third-order valence-corrected chi connectivity index (χ3v) is 2.80. The van der Waals surface area contributed by atoms with Crippen molar-refractivity contribution in [2.45, 2.75) is 6.92 Å². The zero-order valence-corrected chi connectivity index (χ0v) is 9.04. The van der Waals surface area contributed by atoms with Gasteiger partial charge in [0.15, 0.2) is 0 Å². The van der Waals surface area contributed by atoms with Gasteiger partial charge >= 0.3 is 0 Å². The van der Waals surface area contributed by atoms with Crippen LogP contribution in [0.15, 0.2) is 42.5 Å². The number of benzene rings is 2. The predicted molar refractivity (Wildman–Crippen MR) is 68.4 cm³/mol. The van der Waals surface area contributed by atoms with E-state index in [1.165, 1.54) is 16.3 Å². The highest BCUT2D eigenvalue weighted by atomic mass is 14.7. The summed E-state index contributed by atoms with van der Waals surface area (Å²) in [7, 11) is 0. The van der Waals surface area contributed by atoms with E-state index in [9.17, 15) is 0 Å². The molecule has 0 aliphatic carbocycles. The molecule has 0 aliphatic rings. The zero-order valence-electron chi connectivity index (χ0n) is 9.04. The van der Waals surface area contributed by atoms with Crippen molar-refractivity contribution in [2.75, 3.05) is 0 Å². The first-order valence-electron chi connectivity index (χ1n) is 5.32. The average molecular weight is 205 g/mol. The van der Waals surface area contributed by atoms with Crippen molar-refractivity contribution in [1.29, 1.82) is 0 Å². The van der Waals surface area contributed by atoms with Crippen LogP contribution < -0.4 is 0 Å². The molecule has 0 spiro atoms. The molecule has 0 bridgehead atoms. The first-order valence-corrected chi connectivity index (χ1v) is 5.32. The van der Waals surface area contributed by atoms with Gasteiger partial charge in [-0.3, -0.25) is 0 Å². The van der Waals surface area contributed by atoms with Gasteiger partial charge in [0.1, 0.15) is 0 Å². The summed E-state index contributed by atoms with van der Waals surface area (Å²) in [5, 5.41) is 2.51. The maximum Gasteiger partial charge on any atom is 0.0623 e. The van der Waals surface area contributed by atoms with Crippen LogP contribution in [0.2, 0.25) is 0 Å². The van der Waals surface area contributed by atoms with Crippen molar-refractivity contribution < 1.29 is 0 Å². The molecular weight excluding hydrogens is 194 g/mol. The second-order valence-electron chi connectivity index (χ2n) is 3.77. The predicted octanol–water partition coefficient (Wildman–Crippen LogP) is 3.69. The number of nitrogens with one attached hydrogen (secondary N) is 1. The van der Waals surface area contributed by atoms with Crippen LogP contribution in [0, 0.1) is 11.8 Å². The second-order valence-corrected chi connectivity index (χ2v) is 3.77. The van der Waals surface area contributed by atoms with E-state index in [2.05, 4.69) is 47.2 Å². The Morgan fingerprint density at radius 3 is 2.62 bits per heavy atom. The van der Waals surface area contributed by atoms with E-state index in [0.717, 1.165) is 11.1 Å². The van der Waals surface area contributed by atoms with Gasteiger partial charge in [0.2, 0.25) is 0 Å². The number of aromatic amines is 1. The number of aromatic nitrogens is 1. The van der Waals surface area contributed by atoms with Gasteiger partial charge in [-0.2, -0.15) is 0 Å². The van der Waals surface area contributed by atoms with Gasteiger partial charge in [-0.15, -0.1) is 5.92 Å². The first kappa shape index (κ1) is 9.06. The Bertz CT molecular complexity index is 723. The van der Waals surface area contributed by atoms with Crippen molar-refractivity contribution in [3.8, 4) is 11.8 Å². The summed E-state index contributed by atoms with van der Waals surface area (Å²) < 4.78 is 0. The van der Waals surface area contributed by atoms with Gasteiger partial charge in [-0.05, 0) is 19.1 Å². The number of para-hydroxylation sites is 2. The summed E-state index contributed by atoms with van der Waals surface area (Å²) in [6, 6.07) is 14.6. The monoisotopic (exact) mass is 205 g/mol. The van der Waals surface area contributed by atoms with Crippen LogP contribution >= 0.6 is 0 Å². The molecule has 1 N–H and O–H groups in total. The molecule has 0 unspecified atom stereocenters. The molecule has 1 aromatic heterocycles. The largest absolute Gasteiger partial charge is 0.353 e. The van der Waals surface area contributed by atoms with Gasteiger partial charge in [0.25, 0.3) is 0 Å². The summed E-state index contributed by atoms with van der Waals surface area (Å²) >= 11 is 0. The van der Waals surface area contributed by atoms with Crippen LogP contribution in [0.4, 0.5) is 0 Å². The van der Waals surface area contributed by atoms with E-state index >= 15 is 0 Å². The fraction of sp³-hybridized carbons (Fsp3) is 0.0667. The van der Waals surface area contributed by atoms with Crippen molar-refractivity contribution in [2.24, 2.45) is 0 Å². The molecule has 0 amide bonds. The highest BCUT2D eigenvalue weighted by molar-refractivity contribution is 6.08. The van der Waals surface area contributed by atoms with Gasteiger partial charge in [0.05, 0.1) is 5.52 Å². The zero-order chi connectivity index (χ0) is 11.0. The Balaban J connectivity index is 2.52. The Labute approximate surface area is 94.1 Å².